The number of benzene rings is 1. The first-order valence-electron chi connectivity index (χ1n) is 8.26. The lowest BCUT2D eigenvalue weighted by Gasteiger charge is -2.35. The van der Waals surface area contributed by atoms with E-state index in [1.807, 2.05) is 13.8 Å². The van der Waals surface area contributed by atoms with Gasteiger partial charge in [-0.25, -0.2) is 13.1 Å². The first-order chi connectivity index (χ1) is 11.3. The number of hydrogen-bond acceptors (Lipinski definition) is 5. The van der Waals surface area contributed by atoms with Crippen molar-refractivity contribution >= 4 is 10.0 Å². The molecule has 7 heteroatoms. The highest BCUT2D eigenvalue weighted by atomic mass is 32.2. The van der Waals surface area contributed by atoms with Gasteiger partial charge in [0.2, 0.25) is 10.0 Å². The number of aryl methyl sites for hydroxylation is 2. The maximum absolute atomic E-state index is 12.7. The first-order valence-corrected chi connectivity index (χ1v) is 9.74. The normalized spacial score (nSPS) is 17.7. The standard InChI is InChI=1S/C17H27NO5S/c1-4-23-15-9-14(3)16(10-13(15)2)24(20,21)18-11-17(12-19)5-7-22-8-6-17/h9-10,18-19H,4-8,11-12H2,1-3H3. The van der Waals surface area contributed by atoms with Gasteiger partial charge in [0.15, 0.2) is 0 Å². The van der Waals surface area contributed by atoms with Crippen LogP contribution in [0, 0.1) is 19.3 Å². The molecule has 1 aromatic rings. The monoisotopic (exact) mass is 357 g/mol. The Labute approximate surface area is 144 Å². The summed E-state index contributed by atoms with van der Waals surface area (Å²) in [7, 11) is -3.65. The molecule has 6 nitrogen and oxygen atoms in total. The fraction of sp³-hybridized carbons (Fsp3) is 0.647. The minimum atomic E-state index is -3.65. The molecule has 2 N–H and O–H groups in total. The first kappa shape index (κ1) is 19.2. The lowest BCUT2D eigenvalue weighted by Crippen LogP contribution is -2.43. The van der Waals surface area contributed by atoms with Gasteiger partial charge in [0.1, 0.15) is 5.75 Å². The molecule has 0 radical (unpaired) electrons. The molecule has 2 rings (SSSR count). The van der Waals surface area contributed by atoms with Gasteiger partial charge in [-0.15, -0.1) is 0 Å². The van der Waals surface area contributed by atoms with Crippen LogP contribution in [0.15, 0.2) is 17.0 Å². The van der Waals surface area contributed by atoms with Gasteiger partial charge in [-0.1, -0.05) is 0 Å². The number of nitrogens with one attached hydrogen (secondary N) is 1. The van der Waals surface area contributed by atoms with E-state index in [9.17, 15) is 13.5 Å². The van der Waals surface area contributed by atoms with Crippen molar-refractivity contribution in [2.75, 3.05) is 33.0 Å². The molecule has 0 amide bonds. The largest absolute Gasteiger partial charge is 0.494 e. The Morgan fingerprint density at radius 1 is 1.25 bits per heavy atom. The van der Waals surface area contributed by atoms with Crippen LogP contribution >= 0.6 is 0 Å². The molecule has 0 aromatic heterocycles. The van der Waals surface area contributed by atoms with E-state index >= 15 is 0 Å². The van der Waals surface area contributed by atoms with Crippen molar-refractivity contribution in [3.63, 3.8) is 0 Å². The minimum Gasteiger partial charge on any atom is -0.494 e. The zero-order valence-corrected chi connectivity index (χ0v) is 15.4. The van der Waals surface area contributed by atoms with Crippen molar-refractivity contribution in [3.05, 3.63) is 23.3 Å². The average Bonchev–Trinajstić information content (AvgIpc) is 2.57. The maximum Gasteiger partial charge on any atom is 0.240 e. The second kappa shape index (κ2) is 7.82. The van der Waals surface area contributed by atoms with Crippen LogP contribution < -0.4 is 9.46 Å². The van der Waals surface area contributed by atoms with E-state index in [0.717, 1.165) is 5.56 Å². The lowest BCUT2D eigenvalue weighted by atomic mass is 9.81. The Kier molecular flexibility index (Phi) is 6.25. The molecule has 0 bridgehead atoms. The average molecular weight is 357 g/mol. The molecule has 1 aliphatic rings. The quantitative estimate of drug-likeness (QED) is 0.777. The van der Waals surface area contributed by atoms with Gasteiger partial charge in [0.25, 0.3) is 0 Å². The summed E-state index contributed by atoms with van der Waals surface area (Å²) in [5.74, 6) is 0.699. The van der Waals surface area contributed by atoms with Crippen molar-refractivity contribution in [2.24, 2.45) is 5.41 Å². The van der Waals surface area contributed by atoms with E-state index in [-0.39, 0.29) is 18.0 Å². The van der Waals surface area contributed by atoms with Gasteiger partial charge >= 0.3 is 0 Å². The highest BCUT2D eigenvalue weighted by molar-refractivity contribution is 7.89. The van der Waals surface area contributed by atoms with Gasteiger partial charge in [-0.2, -0.15) is 0 Å². The van der Waals surface area contributed by atoms with Crippen LogP contribution in [0.4, 0.5) is 0 Å². The van der Waals surface area contributed by atoms with E-state index in [2.05, 4.69) is 4.72 Å². The van der Waals surface area contributed by atoms with E-state index in [0.29, 0.717) is 44.0 Å². The molecule has 0 unspecified atom stereocenters. The maximum atomic E-state index is 12.7. The number of ether oxygens (including phenoxy) is 2. The Hall–Kier alpha value is -1.15. The molecule has 1 heterocycles. The third-order valence-electron chi connectivity index (χ3n) is 4.59. The van der Waals surface area contributed by atoms with Gasteiger partial charge in [0.05, 0.1) is 18.1 Å². The van der Waals surface area contributed by atoms with Crippen LogP contribution in [0.3, 0.4) is 0 Å². The number of aliphatic hydroxyl groups is 1. The van der Waals surface area contributed by atoms with Crippen molar-refractivity contribution in [3.8, 4) is 5.75 Å². The number of aliphatic hydroxyl groups excluding tert-OH is 1. The van der Waals surface area contributed by atoms with Crippen molar-refractivity contribution < 1.29 is 23.0 Å². The fourth-order valence-corrected chi connectivity index (χ4v) is 4.35. The summed E-state index contributed by atoms with van der Waals surface area (Å²) in [4.78, 5) is 0.253. The third kappa shape index (κ3) is 4.27. The molecule has 136 valence electrons. The summed E-state index contributed by atoms with van der Waals surface area (Å²) >= 11 is 0. The summed E-state index contributed by atoms with van der Waals surface area (Å²) in [5, 5.41) is 9.70. The third-order valence-corrected chi connectivity index (χ3v) is 6.13. The predicted octanol–water partition coefficient (Wildman–Crippen LogP) is 1.77. The highest BCUT2D eigenvalue weighted by Crippen LogP contribution is 2.30. The molecule has 0 aliphatic carbocycles. The van der Waals surface area contributed by atoms with Crippen LogP contribution in [0.2, 0.25) is 0 Å². The zero-order valence-electron chi connectivity index (χ0n) is 14.6. The predicted molar refractivity (Wildman–Crippen MR) is 91.8 cm³/mol. The van der Waals surface area contributed by atoms with Gasteiger partial charge in [0, 0.05) is 25.2 Å². The second-order valence-electron chi connectivity index (χ2n) is 6.41. The summed E-state index contributed by atoms with van der Waals surface area (Å²) in [6, 6.07) is 3.39. The SMILES string of the molecule is CCOc1cc(C)c(S(=O)(=O)NCC2(CO)CCOCC2)cc1C. The Bertz CT molecular complexity index is 666. The van der Waals surface area contributed by atoms with Gasteiger partial charge in [-0.3, -0.25) is 0 Å². The lowest BCUT2D eigenvalue weighted by molar-refractivity contribution is -0.0126. The number of rotatable bonds is 7. The molecule has 1 aliphatic heterocycles. The smallest absolute Gasteiger partial charge is 0.240 e. The summed E-state index contributed by atoms with van der Waals surface area (Å²) < 4.78 is 38.9. The van der Waals surface area contributed by atoms with Crippen LogP contribution in [0.25, 0.3) is 0 Å². The number of sulfonamides is 1. The highest BCUT2D eigenvalue weighted by Gasteiger charge is 2.33. The molecule has 24 heavy (non-hydrogen) atoms. The summed E-state index contributed by atoms with van der Waals surface area (Å²) in [5.41, 5.74) is 0.979. The topological polar surface area (TPSA) is 84.9 Å². The van der Waals surface area contributed by atoms with Crippen LogP contribution in [-0.4, -0.2) is 46.5 Å². The van der Waals surface area contributed by atoms with Crippen LogP contribution in [0.1, 0.15) is 30.9 Å². The molecule has 0 spiro atoms. The van der Waals surface area contributed by atoms with Crippen LogP contribution in [-0.2, 0) is 14.8 Å². The molecule has 1 fully saturated rings. The second-order valence-corrected chi connectivity index (χ2v) is 8.15. The summed E-state index contributed by atoms with van der Waals surface area (Å²) in [6.07, 6.45) is 1.29. The number of hydrogen-bond donors (Lipinski definition) is 2. The van der Waals surface area contributed by atoms with E-state index in [1.54, 1.807) is 19.1 Å². The zero-order chi connectivity index (χ0) is 17.8. The van der Waals surface area contributed by atoms with Gasteiger partial charge in [-0.05, 0) is 56.9 Å². The van der Waals surface area contributed by atoms with E-state index in [4.69, 9.17) is 9.47 Å². The Balaban J connectivity index is 2.19. The van der Waals surface area contributed by atoms with E-state index < -0.39 is 15.4 Å². The molecule has 0 atom stereocenters. The van der Waals surface area contributed by atoms with Crippen molar-refractivity contribution in [1.29, 1.82) is 0 Å². The Morgan fingerprint density at radius 3 is 2.50 bits per heavy atom. The van der Waals surface area contributed by atoms with Crippen LogP contribution in [0.5, 0.6) is 5.75 Å². The van der Waals surface area contributed by atoms with Gasteiger partial charge < -0.3 is 14.6 Å². The molecule has 1 saturated heterocycles. The molecular formula is C17H27NO5S. The minimum absolute atomic E-state index is 0.0554. The summed E-state index contributed by atoms with van der Waals surface area (Å²) in [6.45, 7) is 7.26. The van der Waals surface area contributed by atoms with Crippen molar-refractivity contribution in [2.45, 2.75) is 38.5 Å². The molecule has 0 saturated carbocycles. The Morgan fingerprint density at radius 2 is 1.92 bits per heavy atom. The fourth-order valence-electron chi connectivity index (χ4n) is 2.88. The van der Waals surface area contributed by atoms with Crippen molar-refractivity contribution in [1.82, 2.24) is 4.72 Å². The molecular weight excluding hydrogens is 330 g/mol. The van der Waals surface area contributed by atoms with E-state index in [1.165, 1.54) is 0 Å². The molecule has 1 aromatic carbocycles.